The first-order valence-electron chi connectivity index (χ1n) is 8.67. The number of thioether (sulfide) groups is 1. The zero-order valence-corrected chi connectivity index (χ0v) is 17.1. The van der Waals surface area contributed by atoms with Gasteiger partial charge in [0.15, 0.2) is 0 Å². The zero-order valence-electron chi connectivity index (χ0n) is 16.3. The van der Waals surface area contributed by atoms with E-state index < -0.39 is 34.6 Å². The van der Waals surface area contributed by atoms with Crippen molar-refractivity contribution in [1.29, 1.82) is 0 Å². The lowest BCUT2D eigenvalue weighted by Crippen LogP contribution is -2.49. The lowest BCUT2D eigenvalue weighted by atomic mass is 9.82. The molecule has 0 aromatic heterocycles. The first-order valence-corrected chi connectivity index (χ1v) is 9.66. The Bertz CT molecular complexity index is 824. The lowest BCUT2D eigenvalue weighted by Gasteiger charge is -2.42. The minimum atomic E-state index is -1.87. The summed E-state index contributed by atoms with van der Waals surface area (Å²) in [7, 11) is 1.58. The standard InChI is InChI=1S/C21H24F2O4S/c1-14(24)27-13-21(25,18-10-7-16(22)11-19(18)23)20(2,3)28-12-15-5-8-17(26-4)9-6-15/h5-11,25H,12-13H2,1-4H3/t21-/m0/s1. The maximum Gasteiger partial charge on any atom is 0.302 e. The molecular formula is C21H24F2O4S. The third-order valence-corrected chi connectivity index (χ3v) is 6.15. The molecule has 0 unspecified atom stereocenters. The van der Waals surface area contributed by atoms with Crippen molar-refractivity contribution < 1.29 is 28.2 Å². The van der Waals surface area contributed by atoms with Crippen molar-refractivity contribution in [2.75, 3.05) is 13.7 Å². The molecule has 0 saturated heterocycles. The summed E-state index contributed by atoms with van der Waals surface area (Å²) in [5, 5.41) is 11.4. The number of carbonyl (C=O) groups is 1. The summed E-state index contributed by atoms with van der Waals surface area (Å²) < 4.78 is 37.0. The topological polar surface area (TPSA) is 55.8 Å². The molecule has 0 amide bonds. The molecule has 4 nitrogen and oxygen atoms in total. The van der Waals surface area contributed by atoms with Gasteiger partial charge in [-0.3, -0.25) is 4.79 Å². The van der Waals surface area contributed by atoms with Gasteiger partial charge in [0.25, 0.3) is 0 Å². The van der Waals surface area contributed by atoms with E-state index in [1.54, 1.807) is 21.0 Å². The molecule has 0 radical (unpaired) electrons. The monoisotopic (exact) mass is 410 g/mol. The predicted molar refractivity (Wildman–Crippen MR) is 105 cm³/mol. The van der Waals surface area contributed by atoms with Crippen molar-refractivity contribution in [2.24, 2.45) is 0 Å². The van der Waals surface area contributed by atoms with Crippen LogP contribution in [0.3, 0.4) is 0 Å². The van der Waals surface area contributed by atoms with Gasteiger partial charge in [-0.05, 0) is 37.6 Å². The van der Waals surface area contributed by atoms with E-state index in [-0.39, 0.29) is 5.56 Å². The van der Waals surface area contributed by atoms with Crippen LogP contribution in [-0.4, -0.2) is 29.5 Å². The maximum absolute atomic E-state index is 14.5. The van der Waals surface area contributed by atoms with Gasteiger partial charge in [0.1, 0.15) is 29.6 Å². The summed E-state index contributed by atoms with van der Waals surface area (Å²) >= 11 is 1.37. The Morgan fingerprint density at radius 2 is 1.79 bits per heavy atom. The third kappa shape index (κ3) is 5.02. The van der Waals surface area contributed by atoms with Crippen LogP contribution in [0.25, 0.3) is 0 Å². The predicted octanol–water partition coefficient (Wildman–Crippen LogP) is 4.44. The Hall–Kier alpha value is -2.12. The average Bonchev–Trinajstić information content (AvgIpc) is 2.64. The van der Waals surface area contributed by atoms with Crippen molar-refractivity contribution in [3.8, 4) is 5.75 Å². The number of aliphatic hydroxyl groups is 1. The van der Waals surface area contributed by atoms with Gasteiger partial charge in [0, 0.05) is 29.1 Å². The lowest BCUT2D eigenvalue weighted by molar-refractivity contribution is -0.151. The average molecular weight is 410 g/mol. The normalized spacial score (nSPS) is 13.7. The maximum atomic E-state index is 14.5. The summed E-state index contributed by atoms with van der Waals surface area (Å²) in [5.41, 5.74) is -1.01. The van der Waals surface area contributed by atoms with Crippen LogP contribution in [0.5, 0.6) is 5.75 Å². The van der Waals surface area contributed by atoms with Gasteiger partial charge in [-0.2, -0.15) is 0 Å². The summed E-state index contributed by atoms with van der Waals surface area (Å²) in [5.74, 6) is -1.00. The molecule has 0 aliphatic carbocycles. The van der Waals surface area contributed by atoms with E-state index in [1.165, 1.54) is 24.8 Å². The highest BCUT2D eigenvalue weighted by Crippen LogP contribution is 2.45. The number of halogens is 2. The van der Waals surface area contributed by atoms with Crippen molar-refractivity contribution >= 4 is 17.7 Å². The molecule has 0 spiro atoms. The van der Waals surface area contributed by atoms with Crippen molar-refractivity contribution in [3.05, 3.63) is 65.2 Å². The highest BCUT2D eigenvalue weighted by Gasteiger charge is 2.48. The number of hydrogen-bond donors (Lipinski definition) is 1. The smallest absolute Gasteiger partial charge is 0.302 e. The van der Waals surface area contributed by atoms with Crippen LogP contribution < -0.4 is 4.74 Å². The van der Waals surface area contributed by atoms with Crippen LogP contribution in [0, 0.1) is 11.6 Å². The van der Waals surface area contributed by atoms with E-state index >= 15 is 0 Å². The molecule has 7 heteroatoms. The van der Waals surface area contributed by atoms with Crippen molar-refractivity contribution in [3.63, 3.8) is 0 Å². The van der Waals surface area contributed by atoms with Crippen LogP contribution in [0.1, 0.15) is 31.9 Å². The fourth-order valence-corrected chi connectivity index (χ4v) is 3.84. The van der Waals surface area contributed by atoms with Gasteiger partial charge in [-0.15, -0.1) is 11.8 Å². The highest BCUT2D eigenvalue weighted by atomic mass is 32.2. The van der Waals surface area contributed by atoms with E-state index in [0.29, 0.717) is 11.8 Å². The summed E-state index contributed by atoms with van der Waals surface area (Å²) in [6.45, 7) is 4.22. The second-order valence-electron chi connectivity index (χ2n) is 6.91. The molecule has 1 atom stereocenters. The van der Waals surface area contributed by atoms with Gasteiger partial charge in [0.2, 0.25) is 0 Å². The highest BCUT2D eigenvalue weighted by molar-refractivity contribution is 7.99. The molecule has 1 N–H and O–H groups in total. The Kier molecular flexibility index (Phi) is 7.06. The number of esters is 1. The number of carbonyl (C=O) groups excluding carboxylic acids is 1. The van der Waals surface area contributed by atoms with Gasteiger partial charge < -0.3 is 14.6 Å². The molecule has 2 rings (SSSR count). The first-order chi connectivity index (χ1) is 13.1. The molecule has 28 heavy (non-hydrogen) atoms. The summed E-state index contributed by atoms with van der Waals surface area (Å²) in [6.07, 6.45) is 0. The summed E-state index contributed by atoms with van der Waals surface area (Å²) in [6, 6.07) is 10.4. The Balaban J connectivity index is 2.32. The van der Waals surface area contributed by atoms with Gasteiger partial charge >= 0.3 is 5.97 Å². The summed E-state index contributed by atoms with van der Waals surface area (Å²) in [4.78, 5) is 11.3. The molecule has 2 aromatic rings. The number of benzene rings is 2. The molecule has 152 valence electrons. The number of ether oxygens (including phenoxy) is 2. The molecule has 0 aliphatic heterocycles. The molecule has 0 heterocycles. The number of methoxy groups -OCH3 is 1. The van der Waals surface area contributed by atoms with Crippen LogP contribution in [0.4, 0.5) is 8.78 Å². The van der Waals surface area contributed by atoms with Gasteiger partial charge in [-0.1, -0.05) is 18.2 Å². The molecule has 0 aliphatic rings. The van der Waals surface area contributed by atoms with Gasteiger partial charge in [-0.25, -0.2) is 8.78 Å². The van der Waals surface area contributed by atoms with E-state index in [9.17, 15) is 18.7 Å². The minimum Gasteiger partial charge on any atom is -0.497 e. The SMILES string of the molecule is COc1ccc(CSC(C)(C)[C@](O)(COC(C)=O)c2ccc(F)cc2F)cc1. The Labute approximate surface area is 167 Å². The quantitative estimate of drug-likeness (QED) is 0.652. The molecule has 2 aromatic carbocycles. The van der Waals surface area contributed by atoms with Crippen LogP contribution in [-0.2, 0) is 20.9 Å². The second kappa shape index (κ2) is 8.92. The fourth-order valence-electron chi connectivity index (χ4n) is 2.71. The largest absolute Gasteiger partial charge is 0.497 e. The number of hydrogen-bond acceptors (Lipinski definition) is 5. The van der Waals surface area contributed by atoms with Gasteiger partial charge in [0.05, 0.1) is 7.11 Å². The molecular weight excluding hydrogens is 386 g/mol. The molecule has 0 fully saturated rings. The van der Waals surface area contributed by atoms with Crippen molar-refractivity contribution in [2.45, 2.75) is 36.9 Å². The van der Waals surface area contributed by atoms with E-state index in [2.05, 4.69) is 0 Å². The van der Waals surface area contributed by atoms with Crippen LogP contribution in [0.2, 0.25) is 0 Å². The van der Waals surface area contributed by atoms with Crippen molar-refractivity contribution in [1.82, 2.24) is 0 Å². The van der Waals surface area contributed by atoms with E-state index in [1.807, 2.05) is 24.3 Å². The third-order valence-electron chi connectivity index (χ3n) is 4.62. The Morgan fingerprint density at radius 3 is 2.32 bits per heavy atom. The second-order valence-corrected chi connectivity index (χ2v) is 8.51. The zero-order chi connectivity index (χ0) is 20.9. The Morgan fingerprint density at radius 1 is 1.14 bits per heavy atom. The van der Waals surface area contributed by atoms with E-state index in [4.69, 9.17) is 9.47 Å². The minimum absolute atomic E-state index is 0.123. The first kappa shape index (κ1) is 22.2. The fraction of sp³-hybridized carbons (Fsp3) is 0.381. The molecule has 0 bridgehead atoms. The van der Waals surface area contributed by atoms with E-state index in [0.717, 1.165) is 17.4 Å². The number of rotatable bonds is 8. The molecule has 0 saturated carbocycles. The van der Waals surface area contributed by atoms with Crippen LogP contribution in [0.15, 0.2) is 42.5 Å². The van der Waals surface area contributed by atoms with Crippen LogP contribution >= 0.6 is 11.8 Å².